The molecular weight excluding hydrogens is 400 g/mol. The molecule has 0 fully saturated rings. The first kappa shape index (κ1) is 24.9. The van der Waals surface area contributed by atoms with Crippen LogP contribution in [0.4, 0.5) is 11.4 Å². The Morgan fingerprint density at radius 2 is 0.909 bits per heavy atom. The monoisotopic (exact) mass is 442 g/mol. The third-order valence-electron chi connectivity index (χ3n) is 6.30. The minimum atomic E-state index is 1.09. The molecule has 0 N–H and O–H groups in total. The molecule has 33 heavy (non-hydrogen) atoms. The van der Waals surface area contributed by atoms with Crippen LogP contribution >= 0.6 is 0 Å². The highest BCUT2D eigenvalue weighted by molar-refractivity contribution is 5.94. The molecule has 0 aromatic heterocycles. The number of hydrogen-bond acceptors (Lipinski definition) is 2. The van der Waals surface area contributed by atoms with E-state index in [2.05, 4.69) is 111 Å². The highest BCUT2D eigenvalue weighted by atomic mass is 15.1. The molecule has 0 aliphatic heterocycles. The molecule has 176 valence electrons. The molecule has 0 bridgehead atoms. The van der Waals surface area contributed by atoms with E-state index in [1.54, 1.807) is 0 Å². The van der Waals surface area contributed by atoms with E-state index in [-0.39, 0.29) is 0 Å². The van der Waals surface area contributed by atoms with E-state index in [1.165, 1.54) is 39.2 Å². The summed E-state index contributed by atoms with van der Waals surface area (Å²) in [7, 11) is 0. The van der Waals surface area contributed by atoms with Crippen molar-refractivity contribution >= 4 is 11.4 Å². The maximum atomic E-state index is 2.57. The zero-order chi connectivity index (χ0) is 23.6. The SMILES string of the molecule is CCCN(CCC)c1ccccc1-c1cccc(C)c1-c1ccccc1N(CCC)CCC. The zero-order valence-corrected chi connectivity index (χ0v) is 21.4. The third kappa shape index (κ3) is 5.79. The van der Waals surface area contributed by atoms with Gasteiger partial charge < -0.3 is 9.80 Å². The molecule has 0 unspecified atom stereocenters. The Labute approximate surface area is 202 Å². The predicted octanol–water partition coefficient (Wildman–Crippen LogP) is 8.58. The van der Waals surface area contributed by atoms with Gasteiger partial charge in [-0.3, -0.25) is 0 Å². The summed E-state index contributed by atoms with van der Waals surface area (Å²) < 4.78 is 0. The van der Waals surface area contributed by atoms with Crippen LogP contribution in [-0.2, 0) is 0 Å². The van der Waals surface area contributed by atoms with Crippen LogP contribution < -0.4 is 9.80 Å². The van der Waals surface area contributed by atoms with Crippen LogP contribution in [0.2, 0.25) is 0 Å². The lowest BCUT2D eigenvalue weighted by Gasteiger charge is -2.29. The lowest BCUT2D eigenvalue weighted by atomic mass is 9.89. The number of rotatable bonds is 12. The van der Waals surface area contributed by atoms with Crippen molar-refractivity contribution in [3.05, 3.63) is 72.3 Å². The van der Waals surface area contributed by atoms with Gasteiger partial charge >= 0.3 is 0 Å². The summed E-state index contributed by atoms with van der Waals surface area (Å²) in [5.74, 6) is 0. The van der Waals surface area contributed by atoms with Gasteiger partial charge in [0, 0.05) is 48.7 Å². The molecule has 0 heterocycles. The topological polar surface area (TPSA) is 6.48 Å². The second kappa shape index (κ2) is 12.5. The number of nitrogens with zero attached hydrogens (tertiary/aromatic N) is 2. The fourth-order valence-corrected chi connectivity index (χ4v) is 4.97. The van der Waals surface area contributed by atoms with E-state index in [0.29, 0.717) is 0 Å². The molecule has 3 rings (SSSR count). The van der Waals surface area contributed by atoms with Crippen molar-refractivity contribution in [3.63, 3.8) is 0 Å². The van der Waals surface area contributed by atoms with E-state index in [4.69, 9.17) is 0 Å². The lowest BCUT2D eigenvalue weighted by molar-refractivity contribution is 0.745. The van der Waals surface area contributed by atoms with Gasteiger partial charge in [-0.25, -0.2) is 0 Å². The number of para-hydroxylation sites is 2. The molecule has 0 amide bonds. The molecule has 2 nitrogen and oxygen atoms in total. The molecule has 3 aromatic carbocycles. The van der Waals surface area contributed by atoms with Crippen molar-refractivity contribution < 1.29 is 0 Å². The van der Waals surface area contributed by atoms with E-state index in [0.717, 1.165) is 51.9 Å². The minimum absolute atomic E-state index is 1.09. The molecule has 0 saturated heterocycles. The summed E-state index contributed by atoms with van der Waals surface area (Å²) in [4.78, 5) is 5.13. The summed E-state index contributed by atoms with van der Waals surface area (Å²) >= 11 is 0. The van der Waals surface area contributed by atoms with Crippen LogP contribution in [0, 0.1) is 6.92 Å². The van der Waals surface area contributed by atoms with Gasteiger partial charge in [-0.1, -0.05) is 82.3 Å². The van der Waals surface area contributed by atoms with E-state index >= 15 is 0 Å². The average molecular weight is 443 g/mol. The molecular formula is C31H42N2. The van der Waals surface area contributed by atoms with Crippen LogP contribution in [0.15, 0.2) is 66.7 Å². The van der Waals surface area contributed by atoms with Crippen molar-refractivity contribution in [2.75, 3.05) is 36.0 Å². The van der Waals surface area contributed by atoms with Gasteiger partial charge in [-0.15, -0.1) is 0 Å². The van der Waals surface area contributed by atoms with Gasteiger partial charge in [0.2, 0.25) is 0 Å². The summed E-state index contributed by atoms with van der Waals surface area (Å²) in [6, 6.07) is 24.8. The van der Waals surface area contributed by atoms with Gasteiger partial charge in [-0.2, -0.15) is 0 Å². The number of aryl methyl sites for hydroxylation is 1. The van der Waals surface area contributed by atoms with Crippen molar-refractivity contribution in [1.29, 1.82) is 0 Å². The van der Waals surface area contributed by atoms with Crippen LogP contribution in [0.1, 0.15) is 58.9 Å². The Bertz CT molecular complexity index is 995. The van der Waals surface area contributed by atoms with Crippen LogP contribution in [0.25, 0.3) is 22.3 Å². The first-order valence-corrected chi connectivity index (χ1v) is 12.9. The first-order chi connectivity index (χ1) is 16.2. The molecule has 0 spiro atoms. The molecule has 2 heteroatoms. The normalized spacial score (nSPS) is 10.9. The smallest absolute Gasteiger partial charge is 0.0446 e. The van der Waals surface area contributed by atoms with Crippen LogP contribution in [0.5, 0.6) is 0 Å². The maximum Gasteiger partial charge on any atom is 0.0446 e. The zero-order valence-electron chi connectivity index (χ0n) is 21.4. The Balaban J connectivity index is 2.22. The Hall–Kier alpha value is -2.74. The van der Waals surface area contributed by atoms with E-state index < -0.39 is 0 Å². The summed E-state index contributed by atoms with van der Waals surface area (Å²) in [5, 5.41) is 0. The largest absolute Gasteiger partial charge is 0.371 e. The molecule has 3 aromatic rings. The predicted molar refractivity (Wildman–Crippen MR) is 148 cm³/mol. The highest BCUT2D eigenvalue weighted by Crippen LogP contribution is 2.42. The summed E-state index contributed by atoms with van der Waals surface area (Å²) in [6.45, 7) is 15.7. The molecule has 0 radical (unpaired) electrons. The Morgan fingerprint density at radius 3 is 1.42 bits per heavy atom. The quantitative estimate of drug-likeness (QED) is 0.277. The fourth-order valence-electron chi connectivity index (χ4n) is 4.97. The van der Waals surface area contributed by atoms with Gasteiger partial charge in [0.15, 0.2) is 0 Å². The average Bonchev–Trinajstić information content (AvgIpc) is 2.84. The highest BCUT2D eigenvalue weighted by Gasteiger charge is 2.19. The summed E-state index contributed by atoms with van der Waals surface area (Å²) in [6.07, 6.45) is 4.61. The van der Waals surface area contributed by atoms with Gasteiger partial charge in [0.25, 0.3) is 0 Å². The minimum Gasteiger partial charge on any atom is -0.371 e. The van der Waals surface area contributed by atoms with Crippen molar-refractivity contribution in [3.8, 4) is 22.3 Å². The van der Waals surface area contributed by atoms with Gasteiger partial charge in [0.05, 0.1) is 0 Å². The lowest BCUT2D eigenvalue weighted by Crippen LogP contribution is -2.26. The van der Waals surface area contributed by atoms with Crippen molar-refractivity contribution in [2.45, 2.75) is 60.3 Å². The first-order valence-electron chi connectivity index (χ1n) is 12.9. The van der Waals surface area contributed by atoms with Gasteiger partial charge in [0.1, 0.15) is 0 Å². The third-order valence-corrected chi connectivity index (χ3v) is 6.30. The number of anilines is 2. The van der Waals surface area contributed by atoms with E-state index in [9.17, 15) is 0 Å². The second-order valence-electron chi connectivity index (χ2n) is 9.01. The second-order valence-corrected chi connectivity index (χ2v) is 9.01. The van der Waals surface area contributed by atoms with Crippen molar-refractivity contribution in [1.82, 2.24) is 0 Å². The molecule has 0 aliphatic rings. The van der Waals surface area contributed by atoms with E-state index in [1.807, 2.05) is 0 Å². The van der Waals surface area contributed by atoms with Gasteiger partial charge in [-0.05, 0) is 61.4 Å². The number of benzene rings is 3. The maximum absolute atomic E-state index is 2.57. The van der Waals surface area contributed by atoms with Crippen LogP contribution in [-0.4, -0.2) is 26.2 Å². The molecule has 0 atom stereocenters. The fraction of sp³-hybridized carbons (Fsp3) is 0.419. The summed E-state index contributed by atoms with van der Waals surface area (Å²) in [5.41, 5.74) is 9.43. The number of hydrogen-bond donors (Lipinski definition) is 0. The standard InChI is InChI=1S/C31H42N2/c1-6-21-32(22-7-2)29-19-12-10-16-26(29)27-18-14-15-25(5)31(27)28-17-11-13-20-30(28)33(23-8-3)24-9-4/h10-20H,6-9,21-24H2,1-5H3. The molecule has 0 aliphatic carbocycles. The van der Waals surface area contributed by atoms with Crippen molar-refractivity contribution in [2.24, 2.45) is 0 Å². The Morgan fingerprint density at radius 1 is 0.485 bits per heavy atom. The van der Waals surface area contributed by atoms with Crippen LogP contribution in [0.3, 0.4) is 0 Å². The molecule has 0 saturated carbocycles. The Kier molecular flexibility index (Phi) is 9.42.